The quantitative estimate of drug-likeness (QED) is 0.567. The van der Waals surface area contributed by atoms with Crippen LogP contribution in [0.4, 0.5) is 22.1 Å². The Labute approximate surface area is 120 Å². The number of benzene rings is 1. The smallest absolute Gasteiger partial charge is 0.340 e. The monoisotopic (exact) mass is 289 g/mol. The number of hydrogen-bond donors (Lipinski definition) is 3. The summed E-state index contributed by atoms with van der Waals surface area (Å²) in [6, 6.07) is 7.07. The lowest BCUT2D eigenvalue weighted by molar-refractivity contribution is 0.252. The predicted molar refractivity (Wildman–Crippen MR) is 79.2 cm³/mol. The molecule has 0 atom stereocenters. The van der Waals surface area contributed by atoms with E-state index in [1.165, 1.54) is 6.21 Å². The molecule has 110 valence electrons. The molecule has 0 aliphatic heterocycles. The van der Waals surface area contributed by atoms with Gasteiger partial charge in [-0.2, -0.15) is 5.10 Å². The summed E-state index contributed by atoms with van der Waals surface area (Å²) in [7, 11) is 3.92. The first kappa shape index (κ1) is 14.3. The summed E-state index contributed by atoms with van der Waals surface area (Å²) < 4.78 is 4.34. The Bertz CT molecular complexity index is 633. The lowest BCUT2D eigenvalue weighted by atomic mass is 10.2. The molecule has 0 bridgehead atoms. The van der Waals surface area contributed by atoms with Crippen LogP contribution in [0.1, 0.15) is 5.56 Å². The molecule has 21 heavy (non-hydrogen) atoms. The van der Waals surface area contributed by atoms with Crippen molar-refractivity contribution in [3.8, 4) is 0 Å². The topological polar surface area (TPSA) is 122 Å². The van der Waals surface area contributed by atoms with Crippen LogP contribution in [0.2, 0.25) is 0 Å². The van der Waals surface area contributed by atoms with E-state index in [9.17, 15) is 4.79 Å². The summed E-state index contributed by atoms with van der Waals surface area (Å²) in [6.45, 7) is 0. The molecule has 0 spiro atoms. The lowest BCUT2D eigenvalue weighted by Gasteiger charge is -2.11. The largest absolute Gasteiger partial charge is 0.378 e. The van der Waals surface area contributed by atoms with Gasteiger partial charge in [-0.1, -0.05) is 12.1 Å². The van der Waals surface area contributed by atoms with Gasteiger partial charge in [0.25, 0.3) is 0 Å². The molecule has 1 aromatic carbocycles. The van der Waals surface area contributed by atoms with Crippen LogP contribution in [0, 0.1) is 0 Å². The fourth-order valence-corrected chi connectivity index (χ4v) is 1.44. The number of nitrogens with zero attached hydrogens (tertiary/aromatic N) is 4. The molecule has 0 aliphatic carbocycles. The van der Waals surface area contributed by atoms with E-state index < -0.39 is 6.03 Å². The van der Waals surface area contributed by atoms with E-state index in [4.69, 9.17) is 5.73 Å². The van der Waals surface area contributed by atoms with Gasteiger partial charge in [-0.15, -0.1) is 0 Å². The third kappa shape index (κ3) is 3.93. The molecule has 2 amide bonds. The molecule has 1 aromatic heterocycles. The molecule has 0 saturated heterocycles. The molecular formula is C12H15N7O2. The van der Waals surface area contributed by atoms with Crippen molar-refractivity contribution in [1.82, 2.24) is 15.7 Å². The molecule has 0 unspecified atom stereocenters. The summed E-state index contributed by atoms with van der Waals surface area (Å²) in [5.74, 6) is 0.0337. The number of carbonyl (C=O) groups excluding carboxylic acids is 1. The van der Waals surface area contributed by atoms with E-state index in [1.807, 2.05) is 43.3 Å². The second-order valence-corrected chi connectivity index (χ2v) is 4.31. The summed E-state index contributed by atoms with van der Waals surface area (Å²) in [5, 5.41) is 12.9. The maximum absolute atomic E-state index is 11.5. The minimum absolute atomic E-state index is 0.00611. The normalized spacial score (nSPS) is 10.6. The highest BCUT2D eigenvalue weighted by Gasteiger charge is 2.08. The Kier molecular flexibility index (Phi) is 4.34. The molecule has 0 saturated carbocycles. The number of aromatic nitrogens is 2. The maximum Gasteiger partial charge on any atom is 0.340 e. The second kappa shape index (κ2) is 6.37. The lowest BCUT2D eigenvalue weighted by Crippen LogP contribution is -2.24. The van der Waals surface area contributed by atoms with Gasteiger partial charge < -0.3 is 10.6 Å². The first-order chi connectivity index (χ1) is 10.1. The molecule has 0 fully saturated rings. The van der Waals surface area contributed by atoms with E-state index in [2.05, 4.69) is 30.8 Å². The van der Waals surface area contributed by atoms with Crippen molar-refractivity contribution < 1.29 is 9.42 Å². The van der Waals surface area contributed by atoms with E-state index in [0.29, 0.717) is 0 Å². The fourth-order valence-electron chi connectivity index (χ4n) is 1.44. The highest BCUT2D eigenvalue weighted by Crippen LogP contribution is 2.11. The third-order valence-corrected chi connectivity index (χ3v) is 2.54. The van der Waals surface area contributed by atoms with Gasteiger partial charge in [-0.3, -0.25) is 5.32 Å². The Balaban J connectivity index is 1.87. The fraction of sp³-hybridized carbons (Fsp3) is 0.167. The van der Waals surface area contributed by atoms with Gasteiger partial charge in [0.05, 0.1) is 6.21 Å². The number of hydrogen-bond acceptors (Lipinski definition) is 7. The number of rotatable bonds is 4. The number of amides is 2. The third-order valence-electron chi connectivity index (χ3n) is 2.54. The van der Waals surface area contributed by atoms with Crippen molar-refractivity contribution in [2.75, 3.05) is 30.0 Å². The molecule has 9 heteroatoms. The molecule has 9 nitrogen and oxygen atoms in total. The Morgan fingerprint density at radius 2 is 2.05 bits per heavy atom. The standard InChI is InChI=1S/C12H15N7O2/c1-19(2)9-5-3-8(4-6-9)7-14-16-12(20)15-11-10(13)17-21-18-11/h3-7H,1-2H3,(H2,13,17)(H2,15,16,18,20)/b14-7-. The van der Waals surface area contributed by atoms with Gasteiger partial charge in [0.1, 0.15) is 0 Å². The van der Waals surface area contributed by atoms with Crippen LogP contribution in [0.3, 0.4) is 0 Å². The molecule has 2 rings (SSSR count). The van der Waals surface area contributed by atoms with Crippen LogP contribution >= 0.6 is 0 Å². The Morgan fingerprint density at radius 1 is 1.33 bits per heavy atom. The average Bonchev–Trinajstić information content (AvgIpc) is 2.85. The zero-order valence-electron chi connectivity index (χ0n) is 11.6. The first-order valence-corrected chi connectivity index (χ1v) is 6.02. The van der Waals surface area contributed by atoms with Crippen molar-refractivity contribution in [2.24, 2.45) is 5.10 Å². The Hall–Kier alpha value is -3.10. The molecule has 0 aliphatic rings. The van der Waals surface area contributed by atoms with Gasteiger partial charge in [0, 0.05) is 19.8 Å². The zero-order valence-corrected chi connectivity index (χ0v) is 11.6. The number of nitrogens with one attached hydrogen (secondary N) is 2. The van der Waals surface area contributed by atoms with E-state index in [1.54, 1.807) is 0 Å². The van der Waals surface area contributed by atoms with Crippen molar-refractivity contribution in [1.29, 1.82) is 0 Å². The summed E-state index contributed by atoms with van der Waals surface area (Å²) in [5.41, 5.74) is 9.60. The number of hydrazone groups is 1. The van der Waals surface area contributed by atoms with Crippen molar-refractivity contribution >= 4 is 29.6 Å². The number of nitrogens with two attached hydrogens (primary N) is 1. The highest BCUT2D eigenvalue weighted by atomic mass is 16.6. The maximum atomic E-state index is 11.5. The summed E-state index contributed by atoms with van der Waals surface area (Å²) in [4.78, 5) is 13.5. The summed E-state index contributed by atoms with van der Waals surface area (Å²) >= 11 is 0. The van der Waals surface area contributed by atoms with Crippen LogP contribution in [-0.2, 0) is 0 Å². The van der Waals surface area contributed by atoms with E-state index in [-0.39, 0.29) is 11.6 Å². The van der Waals surface area contributed by atoms with E-state index in [0.717, 1.165) is 11.3 Å². The van der Waals surface area contributed by atoms with Crippen molar-refractivity contribution in [2.45, 2.75) is 0 Å². The van der Waals surface area contributed by atoms with Crippen LogP contribution in [0.25, 0.3) is 0 Å². The highest BCUT2D eigenvalue weighted by molar-refractivity contribution is 5.91. The van der Waals surface area contributed by atoms with Crippen LogP contribution in [0.15, 0.2) is 34.0 Å². The van der Waals surface area contributed by atoms with Crippen LogP contribution < -0.4 is 21.4 Å². The molecule has 0 radical (unpaired) electrons. The Morgan fingerprint density at radius 3 is 2.62 bits per heavy atom. The van der Waals surface area contributed by atoms with Crippen LogP contribution in [0.5, 0.6) is 0 Å². The zero-order chi connectivity index (χ0) is 15.2. The SMILES string of the molecule is CN(C)c1ccc(/C=N\NC(=O)Nc2nonc2N)cc1. The number of carbonyl (C=O) groups is 1. The van der Waals surface area contributed by atoms with Crippen LogP contribution in [-0.4, -0.2) is 36.7 Å². The first-order valence-electron chi connectivity index (χ1n) is 6.02. The van der Waals surface area contributed by atoms with Gasteiger partial charge in [-0.05, 0) is 28.0 Å². The minimum atomic E-state index is -0.599. The number of nitrogen functional groups attached to an aromatic ring is 1. The van der Waals surface area contributed by atoms with Crippen molar-refractivity contribution in [3.63, 3.8) is 0 Å². The van der Waals surface area contributed by atoms with Gasteiger partial charge >= 0.3 is 6.03 Å². The second-order valence-electron chi connectivity index (χ2n) is 4.31. The van der Waals surface area contributed by atoms with Gasteiger partial charge in [-0.25, -0.2) is 14.8 Å². The number of urea groups is 1. The summed E-state index contributed by atoms with van der Waals surface area (Å²) in [6.07, 6.45) is 1.52. The number of anilines is 3. The van der Waals surface area contributed by atoms with Gasteiger partial charge in [0.15, 0.2) is 0 Å². The molecule has 2 aromatic rings. The predicted octanol–water partition coefficient (Wildman–Crippen LogP) is 0.873. The van der Waals surface area contributed by atoms with Gasteiger partial charge in [0.2, 0.25) is 11.6 Å². The van der Waals surface area contributed by atoms with E-state index >= 15 is 0 Å². The molecule has 1 heterocycles. The van der Waals surface area contributed by atoms with Crippen molar-refractivity contribution in [3.05, 3.63) is 29.8 Å². The average molecular weight is 289 g/mol. The molecular weight excluding hydrogens is 274 g/mol. The molecule has 4 N–H and O–H groups in total. The minimum Gasteiger partial charge on any atom is -0.378 e.